The number of methoxy groups -OCH3 is 1. The summed E-state index contributed by atoms with van der Waals surface area (Å²) in [6, 6.07) is 24.6. The van der Waals surface area contributed by atoms with E-state index in [-0.39, 0.29) is 30.8 Å². The smallest absolute Gasteiger partial charge is 0.258 e. The van der Waals surface area contributed by atoms with Crippen LogP contribution in [-0.2, 0) is 4.79 Å². The Balaban J connectivity index is 1.48. The maximum absolute atomic E-state index is 13.6. The average molecular weight is 501 g/mol. The van der Waals surface area contributed by atoms with Gasteiger partial charge in [-0.2, -0.15) is 0 Å². The van der Waals surface area contributed by atoms with Gasteiger partial charge in [0.1, 0.15) is 10.8 Å². The van der Waals surface area contributed by atoms with Gasteiger partial charge in [-0.15, -0.1) is 10.2 Å². The summed E-state index contributed by atoms with van der Waals surface area (Å²) in [5.41, 5.74) is 3.54. The lowest BCUT2D eigenvalue weighted by atomic mass is 10.0. The van der Waals surface area contributed by atoms with Crippen LogP contribution in [0.15, 0.2) is 78.9 Å². The molecule has 3 aromatic carbocycles. The van der Waals surface area contributed by atoms with Crippen LogP contribution in [0, 0.1) is 6.92 Å². The van der Waals surface area contributed by atoms with E-state index in [1.165, 1.54) is 18.4 Å². The van der Waals surface area contributed by atoms with Gasteiger partial charge in [0.2, 0.25) is 11.0 Å². The molecule has 0 aliphatic carbocycles. The fourth-order valence-corrected chi connectivity index (χ4v) is 4.61. The number of aryl methyl sites for hydroxylation is 1. The van der Waals surface area contributed by atoms with Gasteiger partial charge in [-0.3, -0.25) is 9.59 Å². The lowest BCUT2D eigenvalue weighted by molar-refractivity contribution is -0.116. The highest BCUT2D eigenvalue weighted by atomic mass is 32.1. The van der Waals surface area contributed by atoms with E-state index in [4.69, 9.17) is 4.74 Å². The maximum atomic E-state index is 13.6. The number of hydrogen-bond donors (Lipinski definition) is 1. The van der Waals surface area contributed by atoms with Crippen molar-refractivity contribution in [3.05, 3.63) is 95.6 Å². The standard InChI is InChI=1S/C28H28N4O3S/c1-19-13-15-22(16-14-19)26-30-31-28(36-26)29-25(33)17-18-32(20(2)21-9-5-4-6-10-21)27(34)23-11-7-8-12-24(23)35-3/h4-16,20H,17-18H2,1-3H3,(H,29,31,33)/t20-/m0/s1. The Morgan fingerprint density at radius 3 is 2.39 bits per heavy atom. The molecule has 0 bridgehead atoms. The Hall–Kier alpha value is -4.04. The monoisotopic (exact) mass is 500 g/mol. The SMILES string of the molecule is COc1ccccc1C(=O)N(CCC(=O)Nc1nnc(-c2ccc(C)cc2)s1)[C@@H](C)c1ccccc1. The van der Waals surface area contributed by atoms with Gasteiger partial charge in [0, 0.05) is 18.5 Å². The number of hydrogen-bond acceptors (Lipinski definition) is 6. The van der Waals surface area contributed by atoms with Crippen molar-refractivity contribution in [2.24, 2.45) is 0 Å². The van der Waals surface area contributed by atoms with E-state index < -0.39 is 0 Å². The first-order valence-corrected chi connectivity index (χ1v) is 12.5. The number of anilines is 1. The molecule has 36 heavy (non-hydrogen) atoms. The molecular formula is C28H28N4O3S. The number of nitrogens with one attached hydrogen (secondary N) is 1. The Morgan fingerprint density at radius 1 is 0.972 bits per heavy atom. The number of para-hydroxylation sites is 1. The second-order valence-corrected chi connectivity index (χ2v) is 9.34. The van der Waals surface area contributed by atoms with Crippen molar-refractivity contribution < 1.29 is 14.3 Å². The van der Waals surface area contributed by atoms with Crippen molar-refractivity contribution >= 4 is 28.3 Å². The number of rotatable bonds is 9. The summed E-state index contributed by atoms with van der Waals surface area (Å²) in [5, 5.41) is 12.3. The van der Waals surface area contributed by atoms with Crippen molar-refractivity contribution in [1.29, 1.82) is 0 Å². The normalized spacial score (nSPS) is 11.5. The predicted octanol–water partition coefficient (Wildman–Crippen LogP) is 5.75. The fraction of sp³-hybridized carbons (Fsp3) is 0.214. The van der Waals surface area contributed by atoms with Crippen molar-refractivity contribution in [3.63, 3.8) is 0 Å². The van der Waals surface area contributed by atoms with Gasteiger partial charge >= 0.3 is 0 Å². The largest absolute Gasteiger partial charge is 0.496 e. The van der Waals surface area contributed by atoms with Crippen LogP contribution in [0.3, 0.4) is 0 Å². The summed E-state index contributed by atoms with van der Waals surface area (Å²) >= 11 is 1.31. The van der Waals surface area contributed by atoms with Crippen LogP contribution < -0.4 is 10.1 Å². The number of aromatic nitrogens is 2. The first-order chi connectivity index (χ1) is 17.5. The number of nitrogens with zero attached hydrogens (tertiary/aromatic N) is 3. The van der Waals surface area contributed by atoms with E-state index in [0.29, 0.717) is 16.4 Å². The minimum Gasteiger partial charge on any atom is -0.496 e. The van der Waals surface area contributed by atoms with Crippen LogP contribution in [0.2, 0.25) is 0 Å². The molecule has 4 rings (SSSR count). The van der Waals surface area contributed by atoms with Crippen LogP contribution in [0.1, 0.15) is 40.9 Å². The summed E-state index contributed by atoms with van der Waals surface area (Å²) in [7, 11) is 1.54. The third-order valence-electron chi connectivity index (χ3n) is 5.90. The third-order valence-corrected chi connectivity index (χ3v) is 6.79. The molecule has 4 aromatic rings. The predicted molar refractivity (Wildman–Crippen MR) is 142 cm³/mol. The Bertz CT molecular complexity index is 1320. The zero-order chi connectivity index (χ0) is 25.5. The second kappa shape index (κ2) is 11.6. The van der Waals surface area contributed by atoms with Crippen molar-refractivity contribution in [2.45, 2.75) is 26.3 Å². The third kappa shape index (κ3) is 5.95. The van der Waals surface area contributed by atoms with E-state index in [2.05, 4.69) is 15.5 Å². The van der Waals surface area contributed by atoms with E-state index in [1.54, 1.807) is 23.1 Å². The molecule has 0 radical (unpaired) electrons. The van der Waals surface area contributed by atoms with Gasteiger partial charge in [0.05, 0.1) is 18.7 Å². The van der Waals surface area contributed by atoms with Crippen LogP contribution >= 0.6 is 11.3 Å². The minimum absolute atomic E-state index is 0.109. The molecule has 1 heterocycles. The van der Waals surface area contributed by atoms with Crippen molar-refractivity contribution in [1.82, 2.24) is 15.1 Å². The Morgan fingerprint density at radius 2 is 1.67 bits per heavy atom. The highest BCUT2D eigenvalue weighted by Gasteiger charge is 2.25. The number of carbonyl (C=O) groups excluding carboxylic acids is 2. The Labute approximate surface area is 214 Å². The minimum atomic E-state index is -0.244. The molecule has 0 aliphatic rings. The van der Waals surface area contributed by atoms with Gasteiger partial charge < -0.3 is 15.0 Å². The molecule has 1 atom stereocenters. The highest BCUT2D eigenvalue weighted by molar-refractivity contribution is 7.18. The molecule has 0 saturated heterocycles. The van der Waals surface area contributed by atoms with Crippen molar-refractivity contribution in [2.75, 3.05) is 19.0 Å². The lowest BCUT2D eigenvalue weighted by Gasteiger charge is -2.30. The van der Waals surface area contributed by atoms with E-state index in [1.807, 2.05) is 74.5 Å². The molecule has 1 N–H and O–H groups in total. The first-order valence-electron chi connectivity index (χ1n) is 11.7. The zero-order valence-corrected chi connectivity index (χ0v) is 21.3. The van der Waals surface area contributed by atoms with Crippen LogP contribution in [-0.4, -0.2) is 40.6 Å². The summed E-state index contributed by atoms with van der Waals surface area (Å²) in [4.78, 5) is 28.1. The number of ether oxygens (including phenoxy) is 1. The molecule has 8 heteroatoms. The highest BCUT2D eigenvalue weighted by Crippen LogP contribution is 2.28. The lowest BCUT2D eigenvalue weighted by Crippen LogP contribution is -2.36. The van der Waals surface area contributed by atoms with Gasteiger partial charge in [-0.1, -0.05) is 83.6 Å². The quantitative estimate of drug-likeness (QED) is 0.316. The number of benzene rings is 3. The molecule has 184 valence electrons. The van der Waals surface area contributed by atoms with E-state index in [9.17, 15) is 9.59 Å². The summed E-state index contributed by atoms with van der Waals surface area (Å²) in [6.07, 6.45) is 0.109. The van der Waals surface area contributed by atoms with Gasteiger partial charge in [-0.25, -0.2) is 0 Å². The molecular weight excluding hydrogens is 472 g/mol. The van der Waals surface area contributed by atoms with E-state index in [0.717, 1.165) is 21.7 Å². The number of carbonyl (C=O) groups is 2. The molecule has 0 spiro atoms. The summed E-state index contributed by atoms with van der Waals surface area (Å²) in [5.74, 6) is 0.0589. The number of amides is 2. The van der Waals surface area contributed by atoms with Crippen LogP contribution in [0.5, 0.6) is 5.75 Å². The molecule has 1 aromatic heterocycles. The van der Waals surface area contributed by atoms with Gasteiger partial charge in [0.15, 0.2) is 0 Å². The molecule has 0 unspecified atom stereocenters. The summed E-state index contributed by atoms with van der Waals surface area (Å²) < 4.78 is 5.41. The van der Waals surface area contributed by atoms with Crippen LogP contribution in [0.25, 0.3) is 10.6 Å². The van der Waals surface area contributed by atoms with Gasteiger partial charge in [-0.05, 0) is 31.5 Å². The zero-order valence-electron chi connectivity index (χ0n) is 20.5. The molecule has 0 fully saturated rings. The van der Waals surface area contributed by atoms with Crippen LogP contribution in [0.4, 0.5) is 5.13 Å². The molecule has 7 nitrogen and oxygen atoms in total. The van der Waals surface area contributed by atoms with Crippen molar-refractivity contribution in [3.8, 4) is 16.3 Å². The topological polar surface area (TPSA) is 84.4 Å². The summed E-state index contributed by atoms with van der Waals surface area (Å²) in [6.45, 7) is 4.21. The first kappa shape index (κ1) is 25.1. The molecule has 0 saturated carbocycles. The fourth-order valence-electron chi connectivity index (χ4n) is 3.85. The average Bonchev–Trinajstić information content (AvgIpc) is 3.37. The molecule has 2 amide bonds. The molecule has 0 aliphatic heterocycles. The Kier molecular flexibility index (Phi) is 8.07. The van der Waals surface area contributed by atoms with E-state index >= 15 is 0 Å². The second-order valence-electron chi connectivity index (χ2n) is 8.36. The van der Waals surface area contributed by atoms with Gasteiger partial charge in [0.25, 0.3) is 5.91 Å². The maximum Gasteiger partial charge on any atom is 0.258 e.